The molecule has 6 heteroatoms. The number of hydrogen-bond acceptors (Lipinski definition) is 3. The zero-order valence-electron chi connectivity index (χ0n) is 11.1. The van der Waals surface area contributed by atoms with E-state index < -0.39 is 22.0 Å². The van der Waals surface area contributed by atoms with E-state index in [1.807, 2.05) is 6.92 Å². The number of carboxylic acids is 1. The summed E-state index contributed by atoms with van der Waals surface area (Å²) in [4.78, 5) is 10.9. The van der Waals surface area contributed by atoms with E-state index in [0.717, 1.165) is 18.4 Å². The highest BCUT2D eigenvalue weighted by Gasteiger charge is 2.23. The molecule has 0 amide bonds. The molecule has 1 aromatic rings. The fourth-order valence-corrected chi connectivity index (χ4v) is 2.96. The van der Waals surface area contributed by atoms with Crippen molar-refractivity contribution in [2.24, 2.45) is 0 Å². The minimum atomic E-state index is -3.78. The summed E-state index contributed by atoms with van der Waals surface area (Å²) in [5.41, 5.74) is 1.06. The van der Waals surface area contributed by atoms with Crippen molar-refractivity contribution in [1.82, 2.24) is 4.72 Å². The van der Waals surface area contributed by atoms with Crippen LogP contribution in [0.15, 0.2) is 29.2 Å². The maximum absolute atomic E-state index is 12.0. The topological polar surface area (TPSA) is 83.5 Å². The Bertz CT molecular complexity index is 522. The summed E-state index contributed by atoms with van der Waals surface area (Å²) in [7, 11) is -3.78. The summed E-state index contributed by atoms with van der Waals surface area (Å²) in [6.45, 7) is 3.66. The Morgan fingerprint density at radius 2 is 1.84 bits per heavy atom. The highest BCUT2D eigenvalue weighted by atomic mass is 32.2. The van der Waals surface area contributed by atoms with Crippen molar-refractivity contribution in [2.75, 3.05) is 0 Å². The summed E-state index contributed by atoms with van der Waals surface area (Å²) in [6, 6.07) is 5.41. The predicted octanol–water partition coefficient (Wildman–Crippen LogP) is 1.78. The Morgan fingerprint density at radius 3 is 2.26 bits per heavy atom. The Morgan fingerprint density at radius 1 is 1.26 bits per heavy atom. The lowest BCUT2D eigenvalue weighted by molar-refractivity contribution is -0.139. The van der Waals surface area contributed by atoms with E-state index in [0.29, 0.717) is 0 Å². The van der Waals surface area contributed by atoms with Gasteiger partial charge in [-0.2, -0.15) is 4.72 Å². The van der Waals surface area contributed by atoms with Crippen molar-refractivity contribution < 1.29 is 18.3 Å². The van der Waals surface area contributed by atoms with Crippen LogP contribution >= 0.6 is 0 Å². The summed E-state index contributed by atoms with van der Waals surface area (Å²) >= 11 is 0. The number of carbonyl (C=O) groups is 1. The van der Waals surface area contributed by atoms with Gasteiger partial charge in [-0.3, -0.25) is 4.79 Å². The lowest BCUT2D eigenvalue weighted by atomic mass is 10.1. The van der Waals surface area contributed by atoms with Gasteiger partial charge in [-0.05, 0) is 30.5 Å². The van der Waals surface area contributed by atoms with Crippen molar-refractivity contribution >= 4 is 16.0 Å². The monoisotopic (exact) mass is 285 g/mol. The van der Waals surface area contributed by atoms with Crippen LogP contribution in [0.1, 0.15) is 32.3 Å². The van der Waals surface area contributed by atoms with Crippen LogP contribution in [0.3, 0.4) is 0 Å². The Labute approximate surface area is 113 Å². The zero-order valence-corrected chi connectivity index (χ0v) is 11.9. The minimum absolute atomic E-state index is 0.0899. The first-order valence-corrected chi connectivity index (χ1v) is 7.73. The smallest absolute Gasteiger partial charge is 0.321 e. The summed E-state index contributed by atoms with van der Waals surface area (Å²) in [6.07, 6.45) is 2.07. The van der Waals surface area contributed by atoms with Crippen LogP contribution in [0.2, 0.25) is 0 Å². The average molecular weight is 285 g/mol. The quantitative estimate of drug-likeness (QED) is 0.800. The Kier molecular flexibility index (Phi) is 5.50. The fraction of sp³-hybridized carbons (Fsp3) is 0.462. The van der Waals surface area contributed by atoms with Crippen LogP contribution in [0.25, 0.3) is 0 Å². The Balaban J connectivity index is 2.90. The number of benzene rings is 1. The molecule has 0 aliphatic heterocycles. The molecule has 0 bridgehead atoms. The van der Waals surface area contributed by atoms with Crippen molar-refractivity contribution in [3.63, 3.8) is 0 Å². The molecule has 19 heavy (non-hydrogen) atoms. The third-order valence-electron chi connectivity index (χ3n) is 2.78. The number of carboxylic acid groups (broad SMARTS) is 1. The van der Waals surface area contributed by atoms with Crippen LogP contribution in [-0.4, -0.2) is 25.5 Å². The van der Waals surface area contributed by atoms with Gasteiger partial charge in [0.25, 0.3) is 0 Å². The van der Waals surface area contributed by atoms with Crippen LogP contribution in [0, 0.1) is 0 Å². The van der Waals surface area contributed by atoms with E-state index in [2.05, 4.69) is 4.72 Å². The van der Waals surface area contributed by atoms with Crippen LogP contribution in [0.5, 0.6) is 0 Å². The fourth-order valence-electron chi connectivity index (χ4n) is 1.69. The van der Waals surface area contributed by atoms with Crippen LogP contribution < -0.4 is 4.72 Å². The minimum Gasteiger partial charge on any atom is -0.480 e. The van der Waals surface area contributed by atoms with Gasteiger partial charge in [-0.15, -0.1) is 0 Å². The largest absolute Gasteiger partial charge is 0.480 e. The maximum atomic E-state index is 12.0. The van der Waals surface area contributed by atoms with Gasteiger partial charge < -0.3 is 5.11 Å². The van der Waals surface area contributed by atoms with Crippen molar-refractivity contribution in [1.29, 1.82) is 0 Å². The van der Waals surface area contributed by atoms with E-state index in [9.17, 15) is 13.2 Å². The first kappa shape index (κ1) is 15.7. The molecule has 0 aliphatic carbocycles. The SMILES string of the molecule is CCCc1ccc(S(=O)(=O)N[C@@H](CC)C(=O)O)cc1. The molecular weight excluding hydrogens is 266 g/mol. The number of hydrogen-bond donors (Lipinski definition) is 2. The molecule has 0 saturated carbocycles. The molecule has 0 aliphatic rings. The molecule has 106 valence electrons. The van der Waals surface area contributed by atoms with Crippen molar-refractivity contribution in [3.8, 4) is 0 Å². The van der Waals surface area contributed by atoms with Gasteiger partial charge in [0.15, 0.2) is 0 Å². The first-order valence-electron chi connectivity index (χ1n) is 6.24. The number of sulfonamides is 1. The molecule has 0 radical (unpaired) electrons. The second kappa shape index (κ2) is 6.68. The Hall–Kier alpha value is -1.40. The van der Waals surface area contributed by atoms with Crippen LogP contribution in [-0.2, 0) is 21.2 Å². The number of aliphatic carboxylic acids is 1. The maximum Gasteiger partial charge on any atom is 0.321 e. The van der Waals surface area contributed by atoms with Gasteiger partial charge >= 0.3 is 5.97 Å². The van der Waals surface area contributed by atoms with Gasteiger partial charge in [0, 0.05) is 0 Å². The number of aryl methyl sites for hydroxylation is 1. The lowest BCUT2D eigenvalue weighted by Crippen LogP contribution is -2.40. The van der Waals surface area contributed by atoms with E-state index in [1.165, 1.54) is 12.1 Å². The molecule has 1 atom stereocenters. The highest BCUT2D eigenvalue weighted by Crippen LogP contribution is 2.12. The van der Waals surface area contributed by atoms with Gasteiger partial charge in [-0.25, -0.2) is 8.42 Å². The zero-order chi connectivity index (χ0) is 14.5. The molecule has 0 unspecified atom stereocenters. The molecule has 0 spiro atoms. The molecule has 0 fully saturated rings. The standard InChI is InChI=1S/C13H19NO4S/c1-3-5-10-6-8-11(9-7-10)19(17,18)14-12(4-2)13(15)16/h6-9,12,14H,3-5H2,1-2H3,(H,15,16)/t12-/m0/s1. The lowest BCUT2D eigenvalue weighted by Gasteiger charge is -2.13. The molecule has 1 aromatic carbocycles. The van der Waals surface area contributed by atoms with Gasteiger partial charge in [0.1, 0.15) is 6.04 Å². The third kappa shape index (κ3) is 4.33. The van der Waals surface area contributed by atoms with Crippen molar-refractivity contribution in [3.05, 3.63) is 29.8 Å². The summed E-state index contributed by atoms with van der Waals surface area (Å²) in [5, 5.41) is 8.87. The molecule has 1 rings (SSSR count). The molecule has 0 saturated heterocycles. The summed E-state index contributed by atoms with van der Waals surface area (Å²) in [5.74, 6) is -1.17. The normalized spacial score (nSPS) is 13.2. The van der Waals surface area contributed by atoms with E-state index >= 15 is 0 Å². The second-order valence-electron chi connectivity index (χ2n) is 4.31. The average Bonchev–Trinajstić information content (AvgIpc) is 2.37. The number of nitrogens with one attached hydrogen (secondary N) is 1. The van der Waals surface area contributed by atoms with Gasteiger partial charge in [0.05, 0.1) is 4.90 Å². The van der Waals surface area contributed by atoms with Crippen molar-refractivity contribution in [2.45, 2.75) is 44.0 Å². The number of rotatable bonds is 7. The first-order chi connectivity index (χ1) is 8.90. The van der Waals surface area contributed by atoms with Gasteiger partial charge in [0.2, 0.25) is 10.0 Å². The molecular formula is C13H19NO4S. The molecule has 0 heterocycles. The third-order valence-corrected chi connectivity index (χ3v) is 4.26. The predicted molar refractivity (Wildman–Crippen MR) is 72.5 cm³/mol. The van der Waals surface area contributed by atoms with E-state index in [-0.39, 0.29) is 11.3 Å². The summed E-state index contributed by atoms with van der Waals surface area (Å²) < 4.78 is 26.2. The second-order valence-corrected chi connectivity index (χ2v) is 6.03. The van der Waals surface area contributed by atoms with Gasteiger partial charge in [-0.1, -0.05) is 32.4 Å². The van der Waals surface area contributed by atoms with Crippen LogP contribution in [0.4, 0.5) is 0 Å². The van der Waals surface area contributed by atoms with E-state index in [1.54, 1.807) is 19.1 Å². The molecule has 2 N–H and O–H groups in total. The highest BCUT2D eigenvalue weighted by molar-refractivity contribution is 7.89. The molecule has 5 nitrogen and oxygen atoms in total. The van der Waals surface area contributed by atoms with E-state index in [4.69, 9.17) is 5.11 Å². The molecule has 0 aromatic heterocycles.